The second-order valence-electron chi connectivity index (χ2n) is 6.68. The van der Waals surface area contributed by atoms with Gasteiger partial charge in [0.05, 0.1) is 17.4 Å². The van der Waals surface area contributed by atoms with Crippen molar-refractivity contribution in [1.82, 2.24) is 9.36 Å². The molecule has 0 aliphatic carbocycles. The smallest absolute Gasteiger partial charge is 0.277 e. The fourth-order valence-electron chi connectivity index (χ4n) is 3.23. The highest BCUT2D eigenvalue weighted by atomic mass is 32.1. The number of benzene rings is 1. The van der Waals surface area contributed by atoms with Crippen LogP contribution in [0.3, 0.4) is 0 Å². The number of piperidine rings is 1. The van der Waals surface area contributed by atoms with Crippen molar-refractivity contribution in [2.45, 2.75) is 18.9 Å². The summed E-state index contributed by atoms with van der Waals surface area (Å²) in [5.74, 6) is -2.10. The van der Waals surface area contributed by atoms with Gasteiger partial charge in [0.1, 0.15) is 26.6 Å². The molecule has 1 unspecified atom stereocenters. The first-order valence-electron chi connectivity index (χ1n) is 8.91. The first kappa shape index (κ1) is 19.7. The molecule has 3 heterocycles. The van der Waals surface area contributed by atoms with Gasteiger partial charge in [0.2, 0.25) is 0 Å². The van der Waals surface area contributed by atoms with Gasteiger partial charge < -0.3 is 21.7 Å². The minimum absolute atomic E-state index is 0.00826. The Labute approximate surface area is 173 Å². The van der Waals surface area contributed by atoms with Crippen molar-refractivity contribution in [3.63, 3.8) is 0 Å². The molecule has 1 fully saturated rings. The van der Waals surface area contributed by atoms with Gasteiger partial charge in [0, 0.05) is 19.1 Å². The van der Waals surface area contributed by atoms with Crippen molar-refractivity contribution >= 4 is 44.5 Å². The zero-order chi connectivity index (χ0) is 20.5. The number of nitrogen functional groups attached to an aromatic ring is 1. The maximum Gasteiger partial charge on any atom is 0.277 e. The van der Waals surface area contributed by atoms with Crippen LogP contribution in [0.4, 0.5) is 24.5 Å². The Balaban J connectivity index is 1.58. The van der Waals surface area contributed by atoms with Crippen molar-refractivity contribution in [1.29, 1.82) is 0 Å². The molecule has 4 rings (SSSR count). The number of halogens is 2. The number of carbonyl (C=O) groups is 1. The van der Waals surface area contributed by atoms with Gasteiger partial charge in [-0.25, -0.2) is 13.8 Å². The van der Waals surface area contributed by atoms with Gasteiger partial charge in [-0.15, -0.1) is 0 Å². The van der Waals surface area contributed by atoms with Gasteiger partial charge in [-0.3, -0.25) is 4.79 Å². The zero-order valence-corrected chi connectivity index (χ0v) is 16.8. The fourth-order valence-corrected chi connectivity index (χ4v) is 4.85. The van der Waals surface area contributed by atoms with Gasteiger partial charge in [0.15, 0.2) is 5.69 Å². The number of nitrogens with two attached hydrogens (primary N) is 2. The predicted octanol–water partition coefficient (Wildman–Crippen LogP) is 3.31. The number of thiazole rings is 1. The van der Waals surface area contributed by atoms with Gasteiger partial charge >= 0.3 is 0 Å². The lowest BCUT2D eigenvalue weighted by molar-refractivity contribution is 0.102. The Hall–Kier alpha value is -2.63. The molecule has 1 aromatic carbocycles. The Morgan fingerprint density at radius 2 is 2.07 bits per heavy atom. The molecule has 3 aromatic rings. The summed E-state index contributed by atoms with van der Waals surface area (Å²) in [4.78, 5) is 18.9. The number of anilines is 3. The highest BCUT2D eigenvalue weighted by molar-refractivity contribution is 7.19. The summed E-state index contributed by atoms with van der Waals surface area (Å²) in [6, 6.07) is 3.59. The highest BCUT2D eigenvalue weighted by Gasteiger charge is 2.25. The summed E-state index contributed by atoms with van der Waals surface area (Å²) >= 11 is 2.12. The molecule has 7 nitrogen and oxygen atoms in total. The average molecular weight is 437 g/mol. The maximum absolute atomic E-state index is 14.0. The lowest BCUT2D eigenvalue weighted by Crippen LogP contribution is -2.42. The molecule has 0 spiro atoms. The summed E-state index contributed by atoms with van der Waals surface area (Å²) < 4.78 is 32.2. The lowest BCUT2D eigenvalue weighted by Gasteiger charge is -2.31. The quantitative estimate of drug-likeness (QED) is 0.579. The molecule has 5 N–H and O–H groups in total. The molecular weight excluding hydrogens is 418 g/mol. The fraction of sp³-hybridized carbons (Fsp3) is 0.278. The lowest BCUT2D eigenvalue weighted by atomic mass is 10.1. The number of nitrogens with one attached hydrogen (secondary N) is 1. The largest absolute Gasteiger partial charge is 0.389 e. The normalized spacial score (nSPS) is 16.8. The molecule has 1 atom stereocenters. The van der Waals surface area contributed by atoms with E-state index in [9.17, 15) is 13.6 Å². The van der Waals surface area contributed by atoms with Gasteiger partial charge in [0.25, 0.3) is 5.91 Å². The summed E-state index contributed by atoms with van der Waals surface area (Å²) in [5.41, 5.74) is 12.1. The molecule has 1 aliphatic rings. The van der Waals surface area contributed by atoms with Crippen molar-refractivity contribution in [3.05, 3.63) is 41.7 Å². The zero-order valence-electron chi connectivity index (χ0n) is 15.2. The number of hydrogen-bond donors (Lipinski definition) is 3. The third kappa shape index (κ3) is 3.93. The van der Waals surface area contributed by atoms with Crippen LogP contribution in [-0.4, -0.2) is 34.4 Å². The van der Waals surface area contributed by atoms with Gasteiger partial charge in [-0.2, -0.15) is 4.37 Å². The van der Waals surface area contributed by atoms with Crippen LogP contribution in [-0.2, 0) is 0 Å². The van der Waals surface area contributed by atoms with E-state index in [1.807, 2.05) is 0 Å². The van der Waals surface area contributed by atoms with E-state index in [0.29, 0.717) is 12.2 Å². The molecule has 1 saturated heterocycles. The molecule has 152 valence electrons. The third-order valence-electron chi connectivity index (χ3n) is 4.59. The minimum Gasteiger partial charge on any atom is -0.389 e. The van der Waals surface area contributed by atoms with Crippen LogP contribution >= 0.6 is 22.9 Å². The molecule has 0 radical (unpaired) electrons. The van der Waals surface area contributed by atoms with E-state index in [1.54, 1.807) is 6.20 Å². The van der Waals surface area contributed by atoms with Crippen LogP contribution in [0.1, 0.15) is 23.3 Å². The first-order chi connectivity index (χ1) is 13.9. The van der Waals surface area contributed by atoms with E-state index in [4.69, 9.17) is 11.5 Å². The summed E-state index contributed by atoms with van der Waals surface area (Å²) in [6.45, 7) is 1.51. The molecule has 29 heavy (non-hydrogen) atoms. The molecule has 0 bridgehead atoms. The maximum atomic E-state index is 14.0. The molecular formula is C18H18F2N6OS2. The molecule has 11 heteroatoms. The summed E-state index contributed by atoms with van der Waals surface area (Å²) in [7, 11) is 0. The number of hydrogen-bond acceptors (Lipinski definition) is 8. The second-order valence-corrected chi connectivity index (χ2v) is 8.49. The van der Waals surface area contributed by atoms with Gasteiger partial charge in [-0.1, -0.05) is 17.4 Å². The minimum atomic E-state index is -0.767. The molecule has 1 amide bonds. The van der Waals surface area contributed by atoms with E-state index >= 15 is 0 Å². The molecule has 0 saturated carbocycles. The standard InChI is InChI=1S/C18H18F2N6OS2/c19-10-4-1-5-11(20)13(10)17-25-14(15(22)28-17)16(27)24-12-7-23-29-18(12)26-6-2-3-9(21)8-26/h1,4-5,7,9H,2-3,6,8,21-22H2,(H,24,27). The Kier molecular flexibility index (Phi) is 5.43. The van der Waals surface area contributed by atoms with E-state index in [-0.39, 0.29) is 27.3 Å². The number of aromatic nitrogens is 2. The Bertz CT molecular complexity index is 1030. The van der Waals surface area contributed by atoms with Crippen LogP contribution < -0.4 is 21.7 Å². The SMILES string of the molecule is Nc1sc(-c2c(F)cccc2F)nc1C(=O)Nc1cnsc1N1CCCC(N)C1. The first-order valence-corrected chi connectivity index (χ1v) is 10.5. The molecule has 1 aliphatic heterocycles. The van der Waals surface area contributed by atoms with E-state index in [1.165, 1.54) is 17.6 Å². The summed E-state index contributed by atoms with van der Waals surface area (Å²) in [5, 5.41) is 3.65. The van der Waals surface area contributed by atoms with Crippen molar-refractivity contribution in [2.24, 2.45) is 5.73 Å². The summed E-state index contributed by atoms with van der Waals surface area (Å²) in [6.07, 6.45) is 3.48. The topological polar surface area (TPSA) is 110 Å². The van der Waals surface area contributed by atoms with Crippen LogP contribution in [0.15, 0.2) is 24.4 Å². The Morgan fingerprint density at radius 1 is 1.31 bits per heavy atom. The number of nitrogens with zero attached hydrogens (tertiary/aromatic N) is 3. The van der Waals surface area contributed by atoms with Crippen molar-refractivity contribution in [3.8, 4) is 10.6 Å². The monoisotopic (exact) mass is 436 g/mol. The third-order valence-corrected chi connectivity index (χ3v) is 6.35. The van der Waals surface area contributed by atoms with E-state index in [0.717, 1.165) is 47.9 Å². The van der Waals surface area contributed by atoms with Crippen LogP contribution in [0.25, 0.3) is 10.6 Å². The average Bonchev–Trinajstić information content (AvgIpc) is 3.28. The number of amides is 1. The van der Waals surface area contributed by atoms with E-state index in [2.05, 4.69) is 19.6 Å². The molecule has 2 aromatic heterocycles. The second kappa shape index (κ2) is 8.01. The van der Waals surface area contributed by atoms with Crippen LogP contribution in [0.2, 0.25) is 0 Å². The highest BCUT2D eigenvalue weighted by Crippen LogP contribution is 2.35. The number of carbonyl (C=O) groups excluding carboxylic acids is 1. The Morgan fingerprint density at radius 3 is 2.79 bits per heavy atom. The van der Waals surface area contributed by atoms with Crippen molar-refractivity contribution in [2.75, 3.05) is 29.0 Å². The van der Waals surface area contributed by atoms with E-state index < -0.39 is 17.5 Å². The number of rotatable bonds is 4. The van der Waals surface area contributed by atoms with Crippen molar-refractivity contribution < 1.29 is 13.6 Å². The van der Waals surface area contributed by atoms with Crippen LogP contribution in [0.5, 0.6) is 0 Å². The predicted molar refractivity (Wildman–Crippen MR) is 111 cm³/mol. The van der Waals surface area contributed by atoms with Crippen LogP contribution in [0, 0.1) is 11.6 Å². The van der Waals surface area contributed by atoms with Gasteiger partial charge in [-0.05, 0) is 36.5 Å².